The lowest BCUT2D eigenvalue weighted by Gasteiger charge is -2.37. The Balaban J connectivity index is 1.87. The molecule has 0 unspecified atom stereocenters. The number of thioether (sulfide) groups is 1. The fraction of sp³-hybridized carbons (Fsp3) is 0.222. The fourth-order valence-electron chi connectivity index (χ4n) is 4.17. The van der Waals surface area contributed by atoms with Gasteiger partial charge in [0.2, 0.25) is 0 Å². The highest BCUT2D eigenvalue weighted by molar-refractivity contribution is 8.15. The molecule has 0 spiro atoms. The van der Waals surface area contributed by atoms with Crippen LogP contribution in [0.1, 0.15) is 41.2 Å². The van der Waals surface area contributed by atoms with Gasteiger partial charge in [0.25, 0.3) is 0 Å². The highest BCUT2D eigenvalue weighted by Crippen LogP contribution is 2.51. The topological polar surface area (TPSA) is 12.4 Å². The van der Waals surface area contributed by atoms with Crippen LogP contribution in [0, 0.1) is 20.8 Å². The maximum Gasteiger partial charge on any atom is 0.100 e. The Kier molecular flexibility index (Phi) is 5.47. The van der Waals surface area contributed by atoms with Crippen molar-refractivity contribution in [2.75, 3.05) is 0 Å². The van der Waals surface area contributed by atoms with Crippen molar-refractivity contribution in [2.24, 2.45) is 4.99 Å². The van der Waals surface area contributed by atoms with Crippen LogP contribution in [-0.2, 0) is 4.75 Å². The molecule has 29 heavy (non-hydrogen) atoms. The first-order valence-electron chi connectivity index (χ1n) is 10.1. The Hall–Kier alpha value is -2.58. The smallest absolute Gasteiger partial charge is 0.100 e. The van der Waals surface area contributed by atoms with E-state index in [9.17, 15) is 0 Å². The van der Waals surface area contributed by atoms with Gasteiger partial charge in [0.15, 0.2) is 0 Å². The lowest BCUT2D eigenvalue weighted by molar-refractivity contribution is 0.754. The SMILES string of the molecule is CC1=CCC(c2ccccc2)(c2ccccc2)SC1=Nc1c(C)cc(C)cc1C. The molecule has 0 atom stereocenters. The van der Waals surface area contributed by atoms with Crippen molar-refractivity contribution in [3.8, 4) is 0 Å². The van der Waals surface area contributed by atoms with Gasteiger partial charge in [-0.2, -0.15) is 0 Å². The second kappa shape index (κ2) is 8.04. The second-order valence-electron chi connectivity index (χ2n) is 7.92. The number of benzene rings is 3. The maximum absolute atomic E-state index is 5.20. The molecule has 0 saturated carbocycles. The van der Waals surface area contributed by atoms with Crippen LogP contribution in [0.25, 0.3) is 0 Å². The third-order valence-corrected chi connectivity index (χ3v) is 7.23. The van der Waals surface area contributed by atoms with Gasteiger partial charge >= 0.3 is 0 Å². The van der Waals surface area contributed by atoms with Crippen LogP contribution in [0.15, 0.2) is 89.4 Å². The van der Waals surface area contributed by atoms with E-state index >= 15 is 0 Å². The van der Waals surface area contributed by atoms with Crippen molar-refractivity contribution in [2.45, 2.75) is 38.9 Å². The summed E-state index contributed by atoms with van der Waals surface area (Å²) in [5, 5.41) is 1.11. The summed E-state index contributed by atoms with van der Waals surface area (Å²) in [6, 6.07) is 26.1. The van der Waals surface area contributed by atoms with Gasteiger partial charge in [0, 0.05) is 0 Å². The molecule has 0 aliphatic carbocycles. The highest BCUT2D eigenvalue weighted by atomic mass is 32.2. The largest absolute Gasteiger partial charge is 0.241 e. The molecular formula is C27H27NS. The first-order chi connectivity index (χ1) is 14.0. The summed E-state index contributed by atoms with van der Waals surface area (Å²) in [6.45, 7) is 8.65. The molecule has 3 aromatic rings. The number of rotatable bonds is 3. The Labute approximate surface area is 178 Å². The van der Waals surface area contributed by atoms with Crippen LogP contribution in [0.3, 0.4) is 0 Å². The third kappa shape index (κ3) is 3.82. The molecule has 4 rings (SSSR count). The Morgan fingerprint density at radius 3 is 1.79 bits per heavy atom. The van der Waals surface area contributed by atoms with Crippen molar-refractivity contribution in [1.29, 1.82) is 0 Å². The van der Waals surface area contributed by atoms with E-state index in [0.29, 0.717) is 0 Å². The first kappa shape index (κ1) is 19.7. The summed E-state index contributed by atoms with van der Waals surface area (Å²) in [7, 11) is 0. The summed E-state index contributed by atoms with van der Waals surface area (Å²) in [5.41, 5.74) is 8.77. The fourth-order valence-corrected chi connectivity index (χ4v) is 5.55. The monoisotopic (exact) mass is 397 g/mol. The van der Waals surface area contributed by atoms with Gasteiger partial charge in [-0.15, -0.1) is 0 Å². The number of hydrogen-bond donors (Lipinski definition) is 0. The van der Waals surface area contributed by atoms with Gasteiger partial charge in [0.05, 0.1) is 10.4 Å². The van der Waals surface area contributed by atoms with Crippen molar-refractivity contribution in [3.05, 3.63) is 112 Å². The predicted octanol–water partition coefficient (Wildman–Crippen LogP) is 7.67. The summed E-state index contributed by atoms with van der Waals surface area (Å²) >= 11 is 1.89. The molecule has 3 aromatic carbocycles. The van der Waals surface area contributed by atoms with Crippen molar-refractivity contribution >= 4 is 22.5 Å². The summed E-state index contributed by atoms with van der Waals surface area (Å²) in [4.78, 5) is 5.20. The van der Waals surface area contributed by atoms with Gasteiger partial charge in [-0.25, -0.2) is 4.99 Å². The van der Waals surface area contributed by atoms with Crippen molar-refractivity contribution in [3.63, 3.8) is 0 Å². The Morgan fingerprint density at radius 1 is 0.759 bits per heavy atom. The second-order valence-corrected chi connectivity index (χ2v) is 9.20. The van der Waals surface area contributed by atoms with Crippen LogP contribution in [0.4, 0.5) is 5.69 Å². The van der Waals surface area contributed by atoms with Crippen LogP contribution < -0.4 is 0 Å². The zero-order valence-corrected chi connectivity index (χ0v) is 18.4. The molecular weight excluding hydrogens is 370 g/mol. The molecule has 0 bridgehead atoms. The first-order valence-corrected chi connectivity index (χ1v) is 10.9. The van der Waals surface area contributed by atoms with Gasteiger partial charge in [-0.05, 0) is 61.9 Å². The highest BCUT2D eigenvalue weighted by Gasteiger charge is 2.38. The van der Waals surface area contributed by atoms with Crippen LogP contribution in [0.2, 0.25) is 0 Å². The molecule has 0 aromatic heterocycles. The quantitative estimate of drug-likeness (QED) is 0.442. The number of allylic oxidation sites excluding steroid dienone is 1. The average molecular weight is 398 g/mol. The molecule has 0 N–H and O–H groups in total. The predicted molar refractivity (Wildman–Crippen MR) is 127 cm³/mol. The van der Waals surface area contributed by atoms with Gasteiger partial charge < -0.3 is 0 Å². The lowest BCUT2D eigenvalue weighted by Crippen LogP contribution is -2.28. The maximum atomic E-state index is 5.20. The van der Waals surface area contributed by atoms with E-state index in [1.54, 1.807) is 0 Å². The molecule has 0 fully saturated rings. The molecule has 0 saturated heterocycles. The Bertz CT molecular complexity index is 1020. The van der Waals surface area contributed by atoms with E-state index in [0.717, 1.165) is 17.2 Å². The molecule has 1 heterocycles. The molecule has 1 nitrogen and oxygen atoms in total. The minimum atomic E-state index is -0.159. The number of aliphatic imine (C=N–C) groups is 1. The number of aryl methyl sites for hydroxylation is 3. The minimum Gasteiger partial charge on any atom is -0.241 e. The summed E-state index contributed by atoms with van der Waals surface area (Å²) in [6.07, 6.45) is 3.32. The standard InChI is InChI=1S/C27H27NS/c1-19-17-21(3)25(22(4)18-19)28-26-20(2)15-16-27(29-26,23-11-7-5-8-12-23)24-13-9-6-10-14-24/h5-15,17-18H,16H2,1-4H3. The van der Waals surface area contributed by atoms with E-state index in [1.807, 2.05) is 11.8 Å². The zero-order valence-electron chi connectivity index (χ0n) is 17.6. The zero-order chi connectivity index (χ0) is 20.4. The van der Waals surface area contributed by atoms with Gasteiger partial charge in [0.1, 0.15) is 5.04 Å². The number of hydrogen-bond acceptors (Lipinski definition) is 2. The van der Waals surface area contributed by atoms with E-state index in [1.165, 1.54) is 33.4 Å². The average Bonchev–Trinajstić information content (AvgIpc) is 2.73. The lowest BCUT2D eigenvalue weighted by atomic mass is 9.86. The molecule has 1 aliphatic rings. The van der Waals surface area contributed by atoms with Crippen LogP contribution in [-0.4, -0.2) is 5.04 Å². The number of nitrogens with zero attached hydrogens (tertiary/aromatic N) is 1. The normalized spacial score (nSPS) is 17.2. The summed E-state index contributed by atoms with van der Waals surface area (Å²) < 4.78 is -0.159. The van der Waals surface area contributed by atoms with Gasteiger partial charge in [-0.3, -0.25) is 0 Å². The van der Waals surface area contributed by atoms with Crippen LogP contribution in [0.5, 0.6) is 0 Å². The van der Waals surface area contributed by atoms with E-state index in [-0.39, 0.29) is 4.75 Å². The van der Waals surface area contributed by atoms with E-state index in [2.05, 4.69) is 107 Å². The minimum absolute atomic E-state index is 0.159. The third-order valence-electron chi connectivity index (χ3n) is 5.63. The van der Waals surface area contributed by atoms with Crippen molar-refractivity contribution in [1.82, 2.24) is 0 Å². The van der Waals surface area contributed by atoms with Crippen molar-refractivity contribution < 1.29 is 0 Å². The molecule has 0 radical (unpaired) electrons. The molecule has 1 aliphatic heterocycles. The molecule has 2 heteroatoms. The van der Waals surface area contributed by atoms with Crippen LogP contribution >= 0.6 is 11.8 Å². The Morgan fingerprint density at radius 2 is 1.28 bits per heavy atom. The molecule has 146 valence electrons. The summed E-state index contributed by atoms with van der Waals surface area (Å²) in [5.74, 6) is 0. The van der Waals surface area contributed by atoms with E-state index in [4.69, 9.17) is 4.99 Å². The van der Waals surface area contributed by atoms with E-state index < -0.39 is 0 Å². The van der Waals surface area contributed by atoms with Gasteiger partial charge in [-0.1, -0.05) is 96.2 Å². The molecule has 0 amide bonds.